The van der Waals surface area contributed by atoms with Gasteiger partial charge in [0.15, 0.2) is 0 Å². The first-order valence-electron chi connectivity index (χ1n) is 7.18. The van der Waals surface area contributed by atoms with E-state index in [0.29, 0.717) is 6.04 Å². The van der Waals surface area contributed by atoms with E-state index in [1.807, 2.05) is 0 Å². The van der Waals surface area contributed by atoms with Gasteiger partial charge in [0.25, 0.3) is 0 Å². The molecule has 0 radical (unpaired) electrons. The van der Waals surface area contributed by atoms with Crippen LogP contribution in [0.25, 0.3) is 0 Å². The quantitative estimate of drug-likeness (QED) is 0.795. The van der Waals surface area contributed by atoms with E-state index >= 15 is 0 Å². The Kier molecular flexibility index (Phi) is 4.66. The van der Waals surface area contributed by atoms with Gasteiger partial charge in [-0.1, -0.05) is 19.3 Å². The monoisotopic (exact) mass is 224 g/mol. The van der Waals surface area contributed by atoms with Crippen molar-refractivity contribution >= 4 is 0 Å². The lowest BCUT2D eigenvalue weighted by molar-refractivity contribution is 0.200. The molecule has 0 aromatic rings. The number of hydrogen-bond donors (Lipinski definition) is 1. The van der Waals surface area contributed by atoms with Gasteiger partial charge in [0.05, 0.1) is 0 Å². The maximum atomic E-state index is 6.05. The minimum absolute atomic E-state index is 0.485. The molecule has 2 fully saturated rings. The Bertz CT molecular complexity index is 199. The lowest BCUT2D eigenvalue weighted by atomic mass is 9.86. The van der Waals surface area contributed by atoms with Crippen LogP contribution in [0.15, 0.2) is 0 Å². The van der Waals surface area contributed by atoms with Gasteiger partial charge >= 0.3 is 0 Å². The molecule has 2 heteroatoms. The molecule has 2 rings (SSSR count). The molecule has 2 unspecified atom stereocenters. The van der Waals surface area contributed by atoms with Crippen LogP contribution in [-0.4, -0.2) is 31.1 Å². The van der Waals surface area contributed by atoms with E-state index in [1.165, 1.54) is 64.5 Å². The SMILES string of the molecule is CN(CC1CCCC1)CC1CCCC(N)C1. The Hall–Kier alpha value is -0.0800. The number of nitrogens with two attached hydrogens (primary N) is 1. The zero-order valence-corrected chi connectivity index (χ0v) is 10.8. The molecule has 2 saturated carbocycles. The molecule has 16 heavy (non-hydrogen) atoms. The van der Waals surface area contributed by atoms with Crippen molar-refractivity contribution in [2.45, 2.75) is 57.4 Å². The first-order chi connectivity index (χ1) is 7.74. The summed E-state index contributed by atoms with van der Waals surface area (Å²) >= 11 is 0. The second-order valence-corrected chi connectivity index (χ2v) is 6.16. The second-order valence-electron chi connectivity index (χ2n) is 6.16. The van der Waals surface area contributed by atoms with Gasteiger partial charge < -0.3 is 10.6 Å². The highest BCUT2D eigenvalue weighted by molar-refractivity contribution is 4.78. The molecule has 0 bridgehead atoms. The molecule has 0 aliphatic heterocycles. The molecule has 0 saturated heterocycles. The molecule has 0 aromatic heterocycles. The Morgan fingerprint density at radius 2 is 1.56 bits per heavy atom. The summed E-state index contributed by atoms with van der Waals surface area (Å²) in [7, 11) is 2.30. The number of nitrogens with zero attached hydrogens (tertiary/aromatic N) is 1. The van der Waals surface area contributed by atoms with Crippen molar-refractivity contribution in [1.29, 1.82) is 0 Å². The van der Waals surface area contributed by atoms with Crippen LogP contribution in [0.5, 0.6) is 0 Å². The predicted molar refractivity (Wildman–Crippen MR) is 69.4 cm³/mol. The molecule has 94 valence electrons. The third kappa shape index (κ3) is 3.74. The van der Waals surface area contributed by atoms with Crippen molar-refractivity contribution in [2.24, 2.45) is 17.6 Å². The summed E-state index contributed by atoms with van der Waals surface area (Å²) in [6.45, 7) is 2.61. The number of rotatable bonds is 4. The van der Waals surface area contributed by atoms with E-state index in [2.05, 4.69) is 11.9 Å². The largest absolute Gasteiger partial charge is 0.328 e. The summed E-state index contributed by atoms with van der Waals surface area (Å²) in [4.78, 5) is 2.57. The zero-order valence-electron chi connectivity index (χ0n) is 10.8. The van der Waals surface area contributed by atoms with Crippen LogP contribution in [-0.2, 0) is 0 Å². The Morgan fingerprint density at radius 3 is 2.25 bits per heavy atom. The summed E-state index contributed by atoms with van der Waals surface area (Å²) in [6.07, 6.45) is 11.1. The fourth-order valence-electron chi connectivity index (χ4n) is 3.65. The molecule has 0 heterocycles. The minimum atomic E-state index is 0.485. The highest BCUT2D eigenvalue weighted by atomic mass is 15.1. The van der Waals surface area contributed by atoms with Gasteiger partial charge in [-0.3, -0.25) is 0 Å². The maximum Gasteiger partial charge on any atom is 0.00419 e. The predicted octanol–water partition coefficient (Wildman–Crippen LogP) is 2.63. The van der Waals surface area contributed by atoms with Gasteiger partial charge in [-0.15, -0.1) is 0 Å². The molecule has 2 aliphatic rings. The average molecular weight is 224 g/mol. The van der Waals surface area contributed by atoms with Crippen LogP contribution >= 0.6 is 0 Å². The third-order valence-corrected chi connectivity index (χ3v) is 4.44. The highest BCUT2D eigenvalue weighted by Crippen LogP contribution is 2.27. The molecule has 0 spiro atoms. The summed E-state index contributed by atoms with van der Waals surface area (Å²) < 4.78 is 0. The molecule has 2 N–H and O–H groups in total. The maximum absolute atomic E-state index is 6.05. The molecule has 2 nitrogen and oxygen atoms in total. The van der Waals surface area contributed by atoms with E-state index in [4.69, 9.17) is 5.73 Å². The van der Waals surface area contributed by atoms with Crippen molar-refractivity contribution in [1.82, 2.24) is 4.90 Å². The molecular weight excluding hydrogens is 196 g/mol. The summed E-state index contributed by atoms with van der Waals surface area (Å²) in [6, 6.07) is 0.485. The molecule has 2 aliphatic carbocycles. The second kappa shape index (κ2) is 6.02. The van der Waals surface area contributed by atoms with E-state index in [9.17, 15) is 0 Å². The third-order valence-electron chi connectivity index (χ3n) is 4.44. The van der Waals surface area contributed by atoms with Gasteiger partial charge in [0, 0.05) is 19.1 Å². The van der Waals surface area contributed by atoms with Crippen LogP contribution in [0.3, 0.4) is 0 Å². The fraction of sp³-hybridized carbons (Fsp3) is 1.00. The fourth-order valence-corrected chi connectivity index (χ4v) is 3.65. The lowest BCUT2D eigenvalue weighted by Crippen LogP contribution is -2.35. The van der Waals surface area contributed by atoms with E-state index < -0.39 is 0 Å². The highest BCUT2D eigenvalue weighted by Gasteiger charge is 2.22. The van der Waals surface area contributed by atoms with Crippen molar-refractivity contribution in [3.8, 4) is 0 Å². The van der Waals surface area contributed by atoms with Crippen LogP contribution in [0.1, 0.15) is 51.4 Å². The molecule has 2 atom stereocenters. The first kappa shape index (κ1) is 12.4. The number of hydrogen-bond acceptors (Lipinski definition) is 2. The van der Waals surface area contributed by atoms with Gasteiger partial charge in [0.1, 0.15) is 0 Å². The van der Waals surface area contributed by atoms with Gasteiger partial charge in [-0.05, 0) is 51.0 Å². The first-order valence-corrected chi connectivity index (χ1v) is 7.18. The molecular formula is C14H28N2. The normalized spacial score (nSPS) is 32.4. The standard InChI is InChI=1S/C14H28N2/c1-16(10-12-5-2-3-6-12)11-13-7-4-8-14(15)9-13/h12-14H,2-11,15H2,1H3. The Morgan fingerprint density at radius 1 is 0.938 bits per heavy atom. The van der Waals surface area contributed by atoms with E-state index in [-0.39, 0.29) is 0 Å². The smallest absolute Gasteiger partial charge is 0.00419 e. The summed E-state index contributed by atoms with van der Waals surface area (Å²) in [5.74, 6) is 1.86. The lowest BCUT2D eigenvalue weighted by Gasteiger charge is -2.31. The van der Waals surface area contributed by atoms with Crippen LogP contribution in [0.4, 0.5) is 0 Å². The van der Waals surface area contributed by atoms with Crippen molar-refractivity contribution in [2.75, 3.05) is 20.1 Å². The van der Waals surface area contributed by atoms with Gasteiger partial charge in [-0.2, -0.15) is 0 Å². The Labute approximate surface area is 101 Å². The summed E-state index contributed by atoms with van der Waals surface area (Å²) in [5, 5.41) is 0. The van der Waals surface area contributed by atoms with Gasteiger partial charge in [-0.25, -0.2) is 0 Å². The molecule has 0 amide bonds. The van der Waals surface area contributed by atoms with Crippen molar-refractivity contribution < 1.29 is 0 Å². The van der Waals surface area contributed by atoms with E-state index in [0.717, 1.165) is 11.8 Å². The topological polar surface area (TPSA) is 29.3 Å². The average Bonchev–Trinajstić information content (AvgIpc) is 2.70. The zero-order chi connectivity index (χ0) is 11.4. The minimum Gasteiger partial charge on any atom is -0.328 e. The summed E-state index contributed by atoms with van der Waals surface area (Å²) in [5.41, 5.74) is 6.05. The molecule has 0 aromatic carbocycles. The van der Waals surface area contributed by atoms with Crippen molar-refractivity contribution in [3.05, 3.63) is 0 Å². The Balaban J connectivity index is 1.67. The van der Waals surface area contributed by atoms with Crippen LogP contribution < -0.4 is 5.73 Å². The van der Waals surface area contributed by atoms with E-state index in [1.54, 1.807) is 0 Å². The van der Waals surface area contributed by atoms with Crippen molar-refractivity contribution in [3.63, 3.8) is 0 Å². The van der Waals surface area contributed by atoms with Crippen LogP contribution in [0, 0.1) is 11.8 Å². The van der Waals surface area contributed by atoms with Gasteiger partial charge in [0.2, 0.25) is 0 Å². The van der Waals surface area contributed by atoms with Crippen LogP contribution in [0.2, 0.25) is 0 Å².